The third kappa shape index (κ3) is 4.22. The summed E-state index contributed by atoms with van der Waals surface area (Å²) in [6.45, 7) is 3.33. The lowest BCUT2D eigenvalue weighted by Crippen LogP contribution is -2.21. The molecule has 0 atom stereocenters. The van der Waals surface area contributed by atoms with Gasteiger partial charge in [0.25, 0.3) is 5.56 Å². The molecule has 4 rings (SSSR count). The Hall–Kier alpha value is -3.54. The Morgan fingerprint density at radius 2 is 1.83 bits per heavy atom. The van der Waals surface area contributed by atoms with E-state index < -0.39 is 0 Å². The molecule has 0 saturated heterocycles. The van der Waals surface area contributed by atoms with Gasteiger partial charge in [0.2, 0.25) is 0 Å². The summed E-state index contributed by atoms with van der Waals surface area (Å²) in [5.74, 6) is 1.62. The number of rotatable bonds is 8. The number of methoxy groups -OCH3 is 1. The molecule has 154 valence electrons. The van der Waals surface area contributed by atoms with Crippen molar-refractivity contribution in [3.05, 3.63) is 82.9 Å². The Bertz CT molecular complexity index is 1190. The minimum absolute atomic E-state index is 0.0846. The number of ether oxygens (including phenoxy) is 2. The van der Waals surface area contributed by atoms with Gasteiger partial charge in [-0.25, -0.2) is 4.52 Å². The van der Waals surface area contributed by atoms with E-state index in [1.165, 1.54) is 0 Å². The smallest absolute Gasteiger partial charge is 0.276 e. The third-order valence-corrected chi connectivity index (χ3v) is 5.01. The monoisotopic (exact) mass is 403 g/mol. The zero-order valence-electron chi connectivity index (χ0n) is 17.2. The van der Waals surface area contributed by atoms with E-state index in [1.807, 2.05) is 60.8 Å². The van der Waals surface area contributed by atoms with Crippen LogP contribution in [0.25, 0.3) is 16.8 Å². The first-order valence-corrected chi connectivity index (χ1v) is 10.1. The fourth-order valence-electron chi connectivity index (χ4n) is 3.32. The molecule has 2 aromatic carbocycles. The predicted octanol–water partition coefficient (Wildman–Crippen LogP) is 4.40. The number of fused-ring (bicyclic) bond motifs is 1. The van der Waals surface area contributed by atoms with E-state index in [2.05, 4.69) is 12.0 Å². The first-order chi connectivity index (χ1) is 14.7. The van der Waals surface area contributed by atoms with E-state index in [1.54, 1.807) is 22.4 Å². The summed E-state index contributed by atoms with van der Waals surface area (Å²) in [6.07, 6.45) is 5.71. The SMILES string of the molecule is CCCCOc1ccc(-c2cc3c(=O)n(Cc4cccc(OC)c4)ccn3n2)cc1. The summed E-state index contributed by atoms with van der Waals surface area (Å²) in [5, 5.41) is 4.57. The quantitative estimate of drug-likeness (QED) is 0.409. The summed E-state index contributed by atoms with van der Waals surface area (Å²) in [4.78, 5) is 13.0. The molecule has 30 heavy (non-hydrogen) atoms. The maximum absolute atomic E-state index is 13.0. The van der Waals surface area contributed by atoms with Gasteiger partial charge in [-0.3, -0.25) is 4.79 Å². The van der Waals surface area contributed by atoms with Crippen LogP contribution >= 0.6 is 0 Å². The molecule has 6 nitrogen and oxygen atoms in total. The molecule has 0 aliphatic heterocycles. The van der Waals surface area contributed by atoms with Gasteiger partial charge in [0.05, 0.1) is 26.0 Å². The topological polar surface area (TPSA) is 57.8 Å². The second kappa shape index (κ2) is 8.86. The largest absolute Gasteiger partial charge is 0.497 e. The Balaban J connectivity index is 1.58. The number of benzene rings is 2. The molecule has 6 heteroatoms. The van der Waals surface area contributed by atoms with Crippen LogP contribution in [-0.4, -0.2) is 27.9 Å². The highest BCUT2D eigenvalue weighted by Crippen LogP contribution is 2.22. The van der Waals surface area contributed by atoms with Gasteiger partial charge < -0.3 is 14.0 Å². The van der Waals surface area contributed by atoms with Crippen molar-refractivity contribution in [2.45, 2.75) is 26.3 Å². The molecule has 2 aromatic heterocycles. The third-order valence-electron chi connectivity index (χ3n) is 5.01. The van der Waals surface area contributed by atoms with Crippen LogP contribution in [0, 0.1) is 0 Å². The number of unbranched alkanes of at least 4 members (excludes halogenated alkanes) is 1. The van der Waals surface area contributed by atoms with Gasteiger partial charge in [0, 0.05) is 18.0 Å². The summed E-state index contributed by atoms with van der Waals surface area (Å²) >= 11 is 0. The first kappa shape index (κ1) is 19.8. The van der Waals surface area contributed by atoms with Gasteiger partial charge in [0.15, 0.2) is 0 Å². The van der Waals surface area contributed by atoms with E-state index in [9.17, 15) is 4.79 Å². The standard InChI is InChI=1S/C24H25N3O3/c1-3-4-14-30-20-10-8-19(9-11-20)22-16-23-24(28)26(12-13-27(23)25-22)17-18-6-5-7-21(15-18)29-2/h5-13,15-16H,3-4,14,17H2,1-2H3. The predicted molar refractivity (Wildman–Crippen MR) is 117 cm³/mol. The molecule has 2 heterocycles. The van der Waals surface area contributed by atoms with E-state index in [0.29, 0.717) is 12.1 Å². The molecular formula is C24H25N3O3. The highest BCUT2D eigenvalue weighted by Gasteiger charge is 2.10. The Morgan fingerprint density at radius 3 is 2.60 bits per heavy atom. The van der Waals surface area contributed by atoms with E-state index in [0.717, 1.165) is 47.8 Å². The maximum Gasteiger partial charge on any atom is 0.276 e. The fraction of sp³-hybridized carbons (Fsp3) is 0.250. The van der Waals surface area contributed by atoms with Gasteiger partial charge in [-0.15, -0.1) is 0 Å². The van der Waals surface area contributed by atoms with Crippen molar-refractivity contribution in [3.8, 4) is 22.8 Å². The summed E-state index contributed by atoms with van der Waals surface area (Å²) in [6, 6.07) is 17.4. The average molecular weight is 403 g/mol. The van der Waals surface area contributed by atoms with Crippen molar-refractivity contribution < 1.29 is 9.47 Å². The first-order valence-electron chi connectivity index (χ1n) is 10.1. The van der Waals surface area contributed by atoms with Crippen LogP contribution in [-0.2, 0) is 6.54 Å². The van der Waals surface area contributed by atoms with Crippen LogP contribution in [0.2, 0.25) is 0 Å². The molecule has 0 unspecified atom stereocenters. The van der Waals surface area contributed by atoms with E-state index in [4.69, 9.17) is 9.47 Å². The minimum atomic E-state index is -0.0846. The molecule has 0 amide bonds. The van der Waals surface area contributed by atoms with Crippen LogP contribution in [0.15, 0.2) is 71.8 Å². The summed E-state index contributed by atoms with van der Waals surface area (Å²) < 4.78 is 14.3. The molecule has 0 aliphatic carbocycles. The lowest BCUT2D eigenvalue weighted by Gasteiger charge is -2.07. The van der Waals surface area contributed by atoms with Crippen LogP contribution < -0.4 is 15.0 Å². The van der Waals surface area contributed by atoms with Gasteiger partial charge in [-0.1, -0.05) is 25.5 Å². The number of hydrogen-bond donors (Lipinski definition) is 0. The summed E-state index contributed by atoms with van der Waals surface area (Å²) in [7, 11) is 1.63. The van der Waals surface area contributed by atoms with Gasteiger partial charge in [-0.05, 0) is 54.4 Å². The zero-order chi connectivity index (χ0) is 20.9. The molecular weight excluding hydrogens is 378 g/mol. The average Bonchev–Trinajstić information content (AvgIpc) is 3.22. The molecule has 0 fully saturated rings. The fourth-order valence-corrected chi connectivity index (χ4v) is 3.32. The van der Waals surface area contributed by atoms with Gasteiger partial charge >= 0.3 is 0 Å². The van der Waals surface area contributed by atoms with Crippen molar-refractivity contribution in [2.24, 2.45) is 0 Å². The van der Waals surface area contributed by atoms with Crippen molar-refractivity contribution >= 4 is 5.52 Å². The van der Waals surface area contributed by atoms with E-state index in [-0.39, 0.29) is 5.56 Å². The second-order valence-electron chi connectivity index (χ2n) is 7.17. The lowest BCUT2D eigenvalue weighted by atomic mass is 10.1. The molecule has 0 spiro atoms. The zero-order valence-corrected chi connectivity index (χ0v) is 17.2. The molecule has 4 aromatic rings. The second-order valence-corrected chi connectivity index (χ2v) is 7.17. The number of aromatic nitrogens is 3. The normalized spacial score (nSPS) is 11.0. The molecule has 0 radical (unpaired) electrons. The van der Waals surface area contributed by atoms with Crippen molar-refractivity contribution in [1.29, 1.82) is 0 Å². The van der Waals surface area contributed by atoms with Crippen LogP contribution in [0.4, 0.5) is 0 Å². The number of nitrogens with zero attached hydrogens (tertiary/aromatic N) is 3. The highest BCUT2D eigenvalue weighted by atomic mass is 16.5. The molecule has 0 N–H and O–H groups in total. The van der Waals surface area contributed by atoms with Crippen LogP contribution in [0.3, 0.4) is 0 Å². The maximum atomic E-state index is 13.0. The Morgan fingerprint density at radius 1 is 1.00 bits per heavy atom. The van der Waals surface area contributed by atoms with Crippen molar-refractivity contribution in [3.63, 3.8) is 0 Å². The summed E-state index contributed by atoms with van der Waals surface area (Å²) in [5.41, 5.74) is 3.16. The number of hydrogen-bond acceptors (Lipinski definition) is 4. The molecule has 0 bridgehead atoms. The van der Waals surface area contributed by atoms with E-state index >= 15 is 0 Å². The van der Waals surface area contributed by atoms with Gasteiger partial charge in [0.1, 0.15) is 17.0 Å². The highest BCUT2D eigenvalue weighted by molar-refractivity contribution is 5.66. The lowest BCUT2D eigenvalue weighted by molar-refractivity contribution is 0.309. The Labute approximate surface area is 175 Å². The molecule has 0 aliphatic rings. The van der Waals surface area contributed by atoms with Gasteiger partial charge in [-0.2, -0.15) is 5.10 Å². The molecule has 0 saturated carbocycles. The van der Waals surface area contributed by atoms with Crippen LogP contribution in [0.1, 0.15) is 25.3 Å². The van der Waals surface area contributed by atoms with Crippen molar-refractivity contribution in [1.82, 2.24) is 14.2 Å². The van der Waals surface area contributed by atoms with Crippen molar-refractivity contribution in [2.75, 3.05) is 13.7 Å². The minimum Gasteiger partial charge on any atom is -0.497 e. The Kier molecular flexibility index (Phi) is 5.84. The van der Waals surface area contributed by atoms with Crippen LogP contribution in [0.5, 0.6) is 11.5 Å².